The highest BCUT2D eigenvalue weighted by Crippen LogP contribution is 2.32. The molecule has 0 saturated carbocycles. The minimum atomic E-state index is -0.625. The molecule has 1 atom stereocenters. The second-order valence-corrected chi connectivity index (χ2v) is 4.70. The number of carbonyl (C=O) groups excluding carboxylic acids is 1. The average molecular weight is 244 g/mol. The first-order chi connectivity index (χ1) is 8.14. The molecule has 1 fully saturated rings. The van der Waals surface area contributed by atoms with E-state index in [0.29, 0.717) is 0 Å². The van der Waals surface area contributed by atoms with Gasteiger partial charge in [0.2, 0.25) is 5.91 Å². The van der Waals surface area contributed by atoms with Crippen molar-refractivity contribution in [2.75, 3.05) is 33.4 Å². The number of methoxy groups -OCH3 is 1. The molecule has 0 aromatic carbocycles. The van der Waals surface area contributed by atoms with E-state index in [0.717, 1.165) is 32.4 Å². The lowest BCUT2D eigenvalue weighted by Gasteiger charge is -2.35. The number of hydrogen-bond donors (Lipinski definition) is 3. The fourth-order valence-corrected chi connectivity index (χ4v) is 2.30. The van der Waals surface area contributed by atoms with Gasteiger partial charge in [-0.3, -0.25) is 4.79 Å². The molecule has 3 N–H and O–H groups in total. The molecule has 1 aliphatic heterocycles. The maximum absolute atomic E-state index is 12.2. The first-order valence-electron chi connectivity index (χ1n) is 6.30. The molecule has 0 bridgehead atoms. The lowest BCUT2D eigenvalue weighted by Crippen LogP contribution is -2.49. The molecule has 1 aliphatic rings. The second-order valence-electron chi connectivity index (χ2n) is 4.70. The van der Waals surface area contributed by atoms with Crippen LogP contribution in [0.1, 0.15) is 26.2 Å². The Morgan fingerprint density at radius 2 is 2.18 bits per heavy atom. The Morgan fingerprint density at radius 1 is 1.53 bits per heavy atom. The van der Waals surface area contributed by atoms with E-state index in [1.807, 2.05) is 0 Å². The Balaban J connectivity index is 2.43. The molecule has 5 nitrogen and oxygen atoms in total. The third kappa shape index (κ3) is 3.94. The molecule has 0 radical (unpaired) electrons. The molecular weight excluding hydrogens is 220 g/mol. The van der Waals surface area contributed by atoms with Crippen LogP contribution in [0.15, 0.2) is 0 Å². The van der Waals surface area contributed by atoms with Crippen LogP contribution in [0.5, 0.6) is 0 Å². The highest BCUT2D eigenvalue weighted by Gasteiger charge is 2.37. The van der Waals surface area contributed by atoms with Crippen molar-refractivity contribution < 1.29 is 14.6 Å². The van der Waals surface area contributed by atoms with Gasteiger partial charge in [0.1, 0.15) is 0 Å². The molecule has 1 unspecified atom stereocenters. The number of aliphatic hydroxyl groups excluding tert-OH is 1. The van der Waals surface area contributed by atoms with Crippen molar-refractivity contribution in [2.45, 2.75) is 32.3 Å². The minimum Gasteiger partial charge on any atom is -0.389 e. The summed E-state index contributed by atoms with van der Waals surface area (Å²) < 4.78 is 4.82. The van der Waals surface area contributed by atoms with Gasteiger partial charge in [-0.2, -0.15) is 0 Å². The quantitative estimate of drug-likeness (QED) is 0.610. The van der Waals surface area contributed by atoms with Crippen LogP contribution < -0.4 is 10.6 Å². The largest absolute Gasteiger partial charge is 0.389 e. The third-order valence-electron chi connectivity index (χ3n) is 3.58. The highest BCUT2D eigenvalue weighted by molar-refractivity contribution is 5.82. The van der Waals surface area contributed by atoms with Crippen LogP contribution in [0, 0.1) is 5.41 Å². The van der Waals surface area contributed by atoms with Gasteiger partial charge in [-0.15, -0.1) is 0 Å². The van der Waals surface area contributed by atoms with Gasteiger partial charge in [0.25, 0.3) is 0 Å². The molecule has 17 heavy (non-hydrogen) atoms. The lowest BCUT2D eigenvalue weighted by atomic mass is 9.76. The molecule has 100 valence electrons. The molecule has 1 amide bonds. The van der Waals surface area contributed by atoms with E-state index in [1.165, 1.54) is 7.11 Å². The summed E-state index contributed by atoms with van der Waals surface area (Å²) in [5.74, 6) is 0.0663. The highest BCUT2D eigenvalue weighted by atomic mass is 16.5. The fraction of sp³-hybridized carbons (Fsp3) is 0.917. The van der Waals surface area contributed by atoms with Crippen molar-refractivity contribution >= 4 is 5.91 Å². The first-order valence-corrected chi connectivity index (χ1v) is 6.30. The molecule has 0 spiro atoms. The van der Waals surface area contributed by atoms with Crippen LogP contribution in [0.25, 0.3) is 0 Å². The topological polar surface area (TPSA) is 70.6 Å². The molecule has 0 aliphatic carbocycles. The fourth-order valence-electron chi connectivity index (χ4n) is 2.30. The summed E-state index contributed by atoms with van der Waals surface area (Å²) in [5.41, 5.74) is -0.252. The van der Waals surface area contributed by atoms with Crippen LogP contribution in [-0.2, 0) is 9.53 Å². The van der Waals surface area contributed by atoms with Gasteiger partial charge >= 0.3 is 0 Å². The predicted molar refractivity (Wildman–Crippen MR) is 65.7 cm³/mol. The zero-order valence-corrected chi connectivity index (χ0v) is 10.8. The van der Waals surface area contributed by atoms with Gasteiger partial charge in [-0.05, 0) is 32.4 Å². The summed E-state index contributed by atoms with van der Waals surface area (Å²) in [5, 5.41) is 15.6. The van der Waals surface area contributed by atoms with E-state index >= 15 is 0 Å². The smallest absolute Gasteiger partial charge is 0.226 e. The molecule has 5 heteroatoms. The van der Waals surface area contributed by atoms with Crippen molar-refractivity contribution in [3.63, 3.8) is 0 Å². The van der Waals surface area contributed by atoms with Crippen molar-refractivity contribution in [1.29, 1.82) is 0 Å². The number of hydrogen-bond acceptors (Lipinski definition) is 4. The standard InChI is InChI=1S/C12H24N2O3/c1-3-12(4-6-13-7-5-12)11(16)14-8-10(15)9-17-2/h10,13,15H,3-9H2,1-2H3,(H,14,16). The van der Waals surface area contributed by atoms with Gasteiger partial charge in [0, 0.05) is 13.7 Å². The summed E-state index contributed by atoms with van der Waals surface area (Å²) in [6.45, 7) is 4.35. The van der Waals surface area contributed by atoms with Crippen molar-refractivity contribution in [3.05, 3.63) is 0 Å². The van der Waals surface area contributed by atoms with E-state index in [-0.39, 0.29) is 24.5 Å². The number of piperidine rings is 1. The number of carbonyl (C=O) groups is 1. The van der Waals surface area contributed by atoms with Crippen LogP contribution in [0.3, 0.4) is 0 Å². The zero-order chi connectivity index (χ0) is 12.7. The predicted octanol–water partition coefficient (Wildman–Crippen LogP) is -0.110. The number of amides is 1. The Hall–Kier alpha value is -0.650. The Morgan fingerprint density at radius 3 is 2.71 bits per heavy atom. The van der Waals surface area contributed by atoms with E-state index in [1.54, 1.807) is 0 Å². The number of ether oxygens (including phenoxy) is 1. The molecule has 1 heterocycles. The molecular formula is C12H24N2O3. The van der Waals surface area contributed by atoms with Crippen LogP contribution in [0.4, 0.5) is 0 Å². The SMILES string of the molecule is CCC1(C(=O)NCC(O)COC)CCNCC1. The summed E-state index contributed by atoms with van der Waals surface area (Å²) in [6, 6.07) is 0. The van der Waals surface area contributed by atoms with E-state index in [4.69, 9.17) is 4.74 Å². The molecule has 0 aromatic heterocycles. The van der Waals surface area contributed by atoms with Crippen LogP contribution >= 0.6 is 0 Å². The molecule has 1 rings (SSSR count). The monoisotopic (exact) mass is 244 g/mol. The van der Waals surface area contributed by atoms with E-state index < -0.39 is 6.10 Å². The summed E-state index contributed by atoms with van der Waals surface area (Å²) >= 11 is 0. The van der Waals surface area contributed by atoms with Crippen molar-refractivity contribution in [3.8, 4) is 0 Å². The molecule has 0 aromatic rings. The van der Waals surface area contributed by atoms with Gasteiger partial charge in [0.15, 0.2) is 0 Å². The van der Waals surface area contributed by atoms with Crippen molar-refractivity contribution in [1.82, 2.24) is 10.6 Å². The summed E-state index contributed by atoms with van der Waals surface area (Å²) in [4.78, 5) is 12.2. The first kappa shape index (κ1) is 14.4. The van der Waals surface area contributed by atoms with Crippen LogP contribution in [0.2, 0.25) is 0 Å². The maximum Gasteiger partial charge on any atom is 0.226 e. The average Bonchev–Trinajstić information content (AvgIpc) is 2.37. The maximum atomic E-state index is 12.2. The van der Waals surface area contributed by atoms with Gasteiger partial charge in [-0.25, -0.2) is 0 Å². The zero-order valence-electron chi connectivity index (χ0n) is 10.8. The number of nitrogens with one attached hydrogen (secondary N) is 2. The minimum absolute atomic E-state index is 0.0663. The normalized spacial score (nSPS) is 20.9. The summed E-state index contributed by atoms with van der Waals surface area (Å²) in [7, 11) is 1.53. The van der Waals surface area contributed by atoms with E-state index in [2.05, 4.69) is 17.6 Å². The van der Waals surface area contributed by atoms with Gasteiger partial charge < -0.3 is 20.5 Å². The van der Waals surface area contributed by atoms with E-state index in [9.17, 15) is 9.90 Å². The molecule has 1 saturated heterocycles. The number of rotatable bonds is 6. The van der Waals surface area contributed by atoms with Crippen LogP contribution in [-0.4, -0.2) is 50.5 Å². The second kappa shape index (κ2) is 6.93. The van der Waals surface area contributed by atoms with Crippen molar-refractivity contribution in [2.24, 2.45) is 5.41 Å². The Bertz CT molecular complexity index is 240. The summed E-state index contributed by atoms with van der Waals surface area (Å²) in [6.07, 6.45) is 1.96. The number of aliphatic hydroxyl groups is 1. The Kier molecular flexibility index (Phi) is 5.88. The lowest BCUT2D eigenvalue weighted by molar-refractivity contribution is -0.133. The van der Waals surface area contributed by atoms with Gasteiger partial charge in [0.05, 0.1) is 18.1 Å². The Labute approximate surface area is 103 Å². The third-order valence-corrected chi connectivity index (χ3v) is 3.58. The van der Waals surface area contributed by atoms with Gasteiger partial charge in [-0.1, -0.05) is 6.92 Å².